The van der Waals surface area contributed by atoms with Crippen molar-refractivity contribution < 1.29 is 19.4 Å². The number of aliphatic imine (C=N–C) groups is 1. The molecule has 0 fully saturated rings. The lowest BCUT2D eigenvalue weighted by atomic mass is 10.2. The van der Waals surface area contributed by atoms with Gasteiger partial charge in [-0.2, -0.15) is 0 Å². The standard InChI is InChI=1S/C24H31NO4/c1-3-5-7-15-28-22-14-11-20(23(17-22)29-16-8-6-4-2)18-25-21-12-9-19(10-13-21)24(26)27/h9-14,17-18H,3-8,15-16H2,1-2H3,(H,26,27). The minimum absolute atomic E-state index is 0.244. The Labute approximate surface area is 173 Å². The highest BCUT2D eigenvalue weighted by Gasteiger charge is 2.06. The average molecular weight is 398 g/mol. The number of carboxylic acid groups (broad SMARTS) is 1. The topological polar surface area (TPSA) is 68.1 Å². The van der Waals surface area contributed by atoms with E-state index in [0.717, 1.165) is 55.6 Å². The lowest BCUT2D eigenvalue weighted by Crippen LogP contribution is -2.02. The van der Waals surface area contributed by atoms with E-state index in [9.17, 15) is 4.79 Å². The first-order valence-electron chi connectivity index (χ1n) is 10.4. The zero-order chi connectivity index (χ0) is 20.9. The molecule has 2 aromatic rings. The highest BCUT2D eigenvalue weighted by atomic mass is 16.5. The number of hydrogen-bond donors (Lipinski definition) is 1. The summed E-state index contributed by atoms with van der Waals surface area (Å²) in [4.78, 5) is 15.4. The van der Waals surface area contributed by atoms with Crippen molar-refractivity contribution in [2.24, 2.45) is 4.99 Å². The number of aromatic carboxylic acids is 1. The maximum absolute atomic E-state index is 11.0. The zero-order valence-corrected chi connectivity index (χ0v) is 17.4. The minimum atomic E-state index is -0.946. The van der Waals surface area contributed by atoms with E-state index >= 15 is 0 Å². The minimum Gasteiger partial charge on any atom is -0.493 e. The predicted molar refractivity (Wildman–Crippen MR) is 117 cm³/mol. The summed E-state index contributed by atoms with van der Waals surface area (Å²) in [6.07, 6.45) is 8.39. The Balaban J connectivity index is 2.11. The second kappa shape index (κ2) is 12.6. The maximum atomic E-state index is 11.0. The highest BCUT2D eigenvalue weighted by molar-refractivity contribution is 5.89. The number of unbranched alkanes of at least 4 members (excludes halogenated alkanes) is 4. The van der Waals surface area contributed by atoms with Crippen LogP contribution < -0.4 is 9.47 Å². The second-order valence-corrected chi connectivity index (χ2v) is 6.92. The first kappa shape index (κ1) is 22.5. The van der Waals surface area contributed by atoms with Crippen LogP contribution in [0, 0.1) is 0 Å². The fourth-order valence-corrected chi connectivity index (χ4v) is 2.75. The van der Waals surface area contributed by atoms with Crippen LogP contribution in [-0.2, 0) is 0 Å². The molecule has 0 aliphatic heterocycles. The predicted octanol–water partition coefficient (Wildman–Crippen LogP) is 6.27. The summed E-state index contributed by atoms with van der Waals surface area (Å²) in [5.41, 5.74) is 1.80. The molecule has 0 atom stereocenters. The molecule has 156 valence electrons. The molecule has 2 rings (SSSR count). The van der Waals surface area contributed by atoms with Gasteiger partial charge in [-0.3, -0.25) is 4.99 Å². The molecule has 0 saturated carbocycles. The summed E-state index contributed by atoms with van der Waals surface area (Å²) in [5.74, 6) is 0.604. The van der Waals surface area contributed by atoms with Crippen molar-refractivity contribution >= 4 is 17.9 Å². The Bertz CT molecular complexity index is 784. The van der Waals surface area contributed by atoms with Gasteiger partial charge in [0.15, 0.2) is 0 Å². The Kier molecular flexibility index (Phi) is 9.76. The molecule has 0 spiro atoms. The van der Waals surface area contributed by atoms with E-state index in [1.165, 1.54) is 0 Å². The number of carboxylic acids is 1. The summed E-state index contributed by atoms with van der Waals surface area (Å²) in [7, 11) is 0. The molecule has 0 aromatic heterocycles. The maximum Gasteiger partial charge on any atom is 0.335 e. The van der Waals surface area contributed by atoms with Crippen molar-refractivity contribution in [1.29, 1.82) is 0 Å². The molecule has 0 bridgehead atoms. The van der Waals surface area contributed by atoms with Crippen molar-refractivity contribution in [3.63, 3.8) is 0 Å². The molecule has 5 nitrogen and oxygen atoms in total. The van der Waals surface area contributed by atoms with Gasteiger partial charge in [-0.05, 0) is 49.2 Å². The van der Waals surface area contributed by atoms with Gasteiger partial charge in [0.1, 0.15) is 11.5 Å². The molecular formula is C24H31NO4. The van der Waals surface area contributed by atoms with Gasteiger partial charge in [-0.15, -0.1) is 0 Å². The fourth-order valence-electron chi connectivity index (χ4n) is 2.75. The molecular weight excluding hydrogens is 366 g/mol. The van der Waals surface area contributed by atoms with E-state index in [1.807, 2.05) is 18.2 Å². The van der Waals surface area contributed by atoms with Crippen LogP contribution in [0.2, 0.25) is 0 Å². The quantitative estimate of drug-likeness (QED) is 0.319. The molecule has 0 saturated heterocycles. The van der Waals surface area contributed by atoms with Crippen molar-refractivity contribution in [2.75, 3.05) is 13.2 Å². The van der Waals surface area contributed by atoms with E-state index in [1.54, 1.807) is 30.5 Å². The summed E-state index contributed by atoms with van der Waals surface area (Å²) >= 11 is 0. The smallest absolute Gasteiger partial charge is 0.335 e. The van der Waals surface area contributed by atoms with Crippen molar-refractivity contribution in [1.82, 2.24) is 0 Å². The van der Waals surface area contributed by atoms with Gasteiger partial charge in [0, 0.05) is 17.8 Å². The zero-order valence-electron chi connectivity index (χ0n) is 17.4. The van der Waals surface area contributed by atoms with Crippen molar-refractivity contribution in [3.8, 4) is 11.5 Å². The second-order valence-electron chi connectivity index (χ2n) is 6.92. The van der Waals surface area contributed by atoms with E-state index in [0.29, 0.717) is 18.9 Å². The monoisotopic (exact) mass is 397 g/mol. The van der Waals surface area contributed by atoms with Gasteiger partial charge in [0.2, 0.25) is 0 Å². The van der Waals surface area contributed by atoms with Crippen LogP contribution >= 0.6 is 0 Å². The molecule has 0 aliphatic rings. The average Bonchev–Trinajstić information content (AvgIpc) is 2.74. The van der Waals surface area contributed by atoms with Gasteiger partial charge in [-0.25, -0.2) is 4.79 Å². The lowest BCUT2D eigenvalue weighted by molar-refractivity contribution is 0.0697. The van der Waals surface area contributed by atoms with E-state index in [2.05, 4.69) is 18.8 Å². The van der Waals surface area contributed by atoms with Gasteiger partial charge in [0.05, 0.1) is 24.5 Å². The molecule has 1 N–H and O–H groups in total. The van der Waals surface area contributed by atoms with Crippen LogP contribution in [0.15, 0.2) is 47.5 Å². The van der Waals surface area contributed by atoms with E-state index in [-0.39, 0.29) is 5.56 Å². The fraction of sp³-hybridized carbons (Fsp3) is 0.417. The van der Waals surface area contributed by atoms with Crippen molar-refractivity contribution in [3.05, 3.63) is 53.6 Å². The summed E-state index contributed by atoms with van der Waals surface area (Å²) in [6, 6.07) is 12.3. The number of benzene rings is 2. The summed E-state index contributed by atoms with van der Waals surface area (Å²) < 4.78 is 11.8. The number of ether oxygens (including phenoxy) is 2. The lowest BCUT2D eigenvalue weighted by Gasteiger charge is -2.12. The van der Waals surface area contributed by atoms with Crippen LogP contribution in [0.4, 0.5) is 5.69 Å². The number of hydrogen-bond acceptors (Lipinski definition) is 4. The molecule has 0 amide bonds. The molecule has 29 heavy (non-hydrogen) atoms. The normalized spacial score (nSPS) is 11.0. The first-order valence-corrected chi connectivity index (χ1v) is 10.4. The highest BCUT2D eigenvalue weighted by Crippen LogP contribution is 2.25. The Morgan fingerprint density at radius 1 is 0.931 bits per heavy atom. The van der Waals surface area contributed by atoms with Crippen LogP contribution in [0.1, 0.15) is 68.3 Å². The molecule has 2 aromatic carbocycles. The first-order chi connectivity index (χ1) is 14.1. The summed E-state index contributed by atoms with van der Waals surface area (Å²) in [6.45, 7) is 5.69. The van der Waals surface area contributed by atoms with E-state index < -0.39 is 5.97 Å². The number of carbonyl (C=O) groups is 1. The molecule has 0 heterocycles. The van der Waals surface area contributed by atoms with Crippen molar-refractivity contribution in [2.45, 2.75) is 52.4 Å². The van der Waals surface area contributed by atoms with Crippen LogP contribution in [-0.4, -0.2) is 30.5 Å². The molecule has 5 heteroatoms. The number of rotatable bonds is 13. The van der Waals surface area contributed by atoms with E-state index in [4.69, 9.17) is 14.6 Å². The molecule has 0 radical (unpaired) electrons. The van der Waals surface area contributed by atoms with Crippen LogP contribution in [0.5, 0.6) is 11.5 Å². The third kappa shape index (κ3) is 7.98. The SMILES string of the molecule is CCCCCOc1ccc(C=Nc2ccc(C(=O)O)cc2)c(OCCCCC)c1. The van der Waals surface area contributed by atoms with Gasteiger partial charge in [-0.1, -0.05) is 39.5 Å². The van der Waals surface area contributed by atoms with Gasteiger partial charge < -0.3 is 14.6 Å². The van der Waals surface area contributed by atoms with Crippen LogP contribution in [0.3, 0.4) is 0 Å². The third-order valence-corrected chi connectivity index (χ3v) is 4.47. The number of nitrogens with zero attached hydrogens (tertiary/aromatic N) is 1. The summed E-state index contributed by atoms with van der Waals surface area (Å²) in [5, 5.41) is 8.99. The largest absolute Gasteiger partial charge is 0.493 e. The third-order valence-electron chi connectivity index (χ3n) is 4.47. The molecule has 0 unspecified atom stereocenters. The molecule has 0 aliphatic carbocycles. The Morgan fingerprint density at radius 2 is 1.59 bits per heavy atom. The van der Waals surface area contributed by atoms with Gasteiger partial charge >= 0.3 is 5.97 Å². The van der Waals surface area contributed by atoms with Crippen LogP contribution in [0.25, 0.3) is 0 Å². The Morgan fingerprint density at radius 3 is 2.21 bits per heavy atom. The van der Waals surface area contributed by atoms with Gasteiger partial charge in [0.25, 0.3) is 0 Å². The Hall–Kier alpha value is -2.82.